The van der Waals surface area contributed by atoms with Gasteiger partial charge in [0, 0.05) is 0 Å². The molecule has 0 aliphatic carbocycles. The Balaban J connectivity index is 5.32. The molecule has 136 valence electrons. The number of amides is 2. The van der Waals surface area contributed by atoms with E-state index in [-0.39, 0.29) is 0 Å². The Kier molecular flexibility index (Phi) is 8.62. The average Bonchev–Trinajstić information content (AvgIpc) is 2.40. The fraction of sp³-hybridized carbons (Fsp3) is 0.647. The molecule has 0 aromatic heterocycles. The standard InChI is InChI=1S/C17H30N2O4Si/c1-14(2)10-8-7-9-11-17(3,12-13-24(4,5)6)19(16(22)23)18-15(20)21/h10,18H,7-9,11H2,1-6H3,(H,20,21)(H,22,23). The molecule has 0 aromatic carbocycles. The van der Waals surface area contributed by atoms with E-state index in [9.17, 15) is 14.7 Å². The Morgan fingerprint density at radius 3 is 2.21 bits per heavy atom. The van der Waals surface area contributed by atoms with E-state index in [1.807, 2.05) is 19.3 Å². The molecule has 0 bridgehead atoms. The van der Waals surface area contributed by atoms with Crippen LogP contribution in [0.1, 0.15) is 46.5 Å². The summed E-state index contributed by atoms with van der Waals surface area (Å²) in [6.45, 7) is 11.9. The van der Waals surface area contributed by atoms with Gasteiger partial charge >= 0.3 is 12.2 Å². The first kappa shape index (κ1) is 22.1. The molecule has 0 aliphatic heterocycles. The zero-order valence-corrected chi connectivity index (χ0v) is 16.6. The molecule has 0 saturated carbocycles. The molecule has 0 heterocycles. The Bertz CT molecular complexity index is 539. The number of carbonyl (C=O) groups is 2. The first-order valence-corrected chi connectivity index (χ1v) is 11.6. The second-order valence-electron chi connectivity index (χ2n) is 7.34. The van der Waals surface area contributed by atoms with Gasteiger partial charge in [0.05, 0.1) is 0 Å². The van der Waals surface area contributed by atoms with E-state index in [4.69, 9.17) is 5.11 Å². The molecule has 0 rings (SSSR count). The lowest BCUT2D eigenvalue weighted by Crippen LogP contribution is -2.57. The van der Waals surface area contributed by atoms with Crippen molar-refractivity contribution in [3.8, 4) is 11.5 Å². The molecule has 7 heteroatoms. The third kappa shape index (κ3) is 9.25. The van der Waals surface area contributed by atoms with Gasteiger partial charge in [0.2, 0.25) is 0 Å². The lowest BCUT2D eigenvalue weighted by Gasteiger charge is -2.34. The third-order valence-electron chi connectivity index (χ3n) is 3.27. The maximum atomic E-state index is 11.5. The molecule has 1 unspecified atom stereocenters. The van der Waals surface area contributed by atoms with Crippen molar-refractivity contribution in [3.63, 3.8) is 0 Å². The Morgan fingerprint density at radius 1 is 1.21 bits per heavy atom. The fourth-order valence-electron chi connectivity index (χ4n) is 2.03. The van der Waals surface area contributed by atoms with Crippen LogP contribution in [0, 0.1) is 11.5 Å². The van der Waals surface area contributed by atoms with Gasteiger partial charge in [-0.15, -0.1) is 5.54 Å². The lowest BCUT2D eigenvalue weighted by molar-refractivity contribution is 0.0652. The van der Waals surface area contributed by atoms with E-state index in [2.05, 4.69) is 37.2 Å². The number of allylic oxidation sites excluding steroid dienone is 2. The minimum atomic E-state index is -1.72. The van der Waals surface area contributed by atoms with Crippen LogP contribution in [0.2, 0.25) is 19.6 Å². The second-order valence-corrected chi connectivity index (χ2v) is 12.1. The van der Waals surface area contributed by atoms with Gasteiger partial charge in [-0.1, -0.05) is 37.2 Å². The maximum absolute atomic E-state index is 11.5. The average molecular weight is 355 g/mol. The van der Waals surface area contributed by atoms with Gasteiger partial charge in [0.1, 0.15) is 13.6 Å². The molecule has 0 saturated heterocycles. The van der Waals surface area contributed by atoms with Gasteiger partial charge in [0.15, 0.2) is 0 Å². The Labute approximate surface area is 145 Å². The molecular weight excluding hydrogens is 324 g/mol. The van der Waals surface area contributed by atoms with E-state index in [0.717, 1.165) is 19.3 Å². The topological polar surface area (TPSA) is 89.9 Å². The molecule has 3 N–H and O–H groups in total. The van der Waals surface area contributed by atoms with Crippen molar-refractivity contribution in [2.75, 3.05) is 0 Å². The SMILES string of the molecule is CC(C)=CCCCCC(C)(C#C[Si](C)(C)C)N(NC(=O)O)C(=O)O. The van der Waals surface area contributed by atoms with Crippen molar-refractivity contribution in [2.24, 2.45) is 0 Å². The summed E-state index contributed by atoms with van der Waals surface area (Å²) in [6, 6.07) is 0. The molecule has 0 radical (unpaired) electrons. The number of nitrogens with one attached hydrogen (secondary N) is 1. The maximum Gasteiger partial charge on any atom is 0.427 e. The summed E-state index contributed by atoms with van der Waals surface area (Å²) < 4.78 is 0. The molecule has 2 amide bonds. The molecule has 0 aliphatic rings. The van der Waals surface area contributed by atoms with Gasteiger partial charge in [-0.3, -0.25) is 0 Å². The minimum absolute atomic E-state index is 0.466. The van der Waals surface area contributed by atoms with Crippen molar-refractivity contribution in [2.45, 2.75) is 71.6 Å². The van der Waals surface area contributed by atoms with Crippen LogP contribution >= 0.6 is 0 Å². The first-order valence-electron chi connectivity index (χ1n) is 8.08. The summed E-state index contributed by atoms with van der Waals surface area (Å²) >= 11 is 0. The summed E-state index contributed by atoms with van der Waals surface area (Å²) in [5.74, 6) is 3.04. The highest BCUT2D eigenvalue weighted by Gasteiger charge is 2.35. The Morgan fingerprint density at radius 2 is 1.79 bits per heavy atom. The predicted octanol–water partition coefficient (Wildman–Crippen LogP) is 4.32. The van der Waals surface area contributed by atoms with Crippen molar-refractivity contribution in [1.82, 2.24) is 10.4 Å². The van der Waals surface area contributed by atoms with Gasteiger partial charge in [-0.25, -0.2) is 15.0 Å². The fourth-order valence-corrected chi connectivity index (χ4v) is 2.68. The molecule has 0 spiro atoms. The number of carboxylic acid groups (broad SMARTS) is 2. The summed E-state index contributed by atoms with van der Waals surface area (Å²) in [5, 5.41) is 19.0. The number of rotatable bonds is 6. The van der Waals surface area contributed by atoms with Crippen LogP contribution in [0.5, 0.6) is 0 Å². The monoisotopic (exact) mass is 354 g/mol. The van der Waals surface area contributed by atoms with Crippen molar-refractivity contribution < 1.29 is 19.8 Å². The highest BCUT2D eigenvalue weighted by molar-refractivity contribution is 6.83. The number of nitrogens with zero attached hydrogens (tertiary/aromatic N) is 1. The van der Waals surface area contributed by atoms with Crippen LogP contribution in [-0.4, -0.2) is 41.0 Å². The summed E-state index contributed by atoms with van der Waals surface area (Å²) in [4.78, 5) is 22.5. The van der Waals surface area contributed by atoms with Crippen LogP contribution in [0.15, 0.2) is 11.6 Å². The number of hydrogen-bond donors (Lipinski definition) is 3. The summed E-state index contributed by atoms with van der Waals surface area (Å²) in [6.07, 6.45) is 2.40. The third-order valence-corrected chi connectivity index (χ3v) is 4.14. The van der Waals surface area contributed by atoms with Crippen molar-refractivity contribution in [3.05, 3.63) is 11.6 Å². The highest BCUT2D eigenvalue weighted by atomic mass is 28.3. The molecule has 0 fully saturated rings. The quantitative estimate of drug-likeness (QED) is 0.218. The van der Waals surface area contributed by atoms with E-state index >= 15 is 0 Å². The smallest absolute Gasteiger partial charge is 0.427 e. The van der Waals surface area contributed by atoms with Crippen LogP contribution in [-0.2, 0) is 0 Å². The molecule has 6 nitrogen and oxygen atoms in total. The summed E-state index contributed by atoms with van der Waals surface area (Å²) in [5.41, 5.74) is 5.29. The Hall–Kier alpha value is -1.94. The van der Waals surface area contributed by atoms with Crippen LogP contribution in [0.3, 0.4) is 0 Å². The van der Waals surface area contributed by atoms with E-state index in [1.165, 1.54) is 5.57 Å². The normalized spacial score (nSPS) is 13.1. The van der Waals surface area contributed by atoms with Gasteiger partial charge in [-0.2, -0.15) is 5.01 Å². The molecule has 24 heavy (non-hydrogen) atoms. The second kappa shape index (κ2) is 9.38. The number of hydrazine groups is 1. The van der Waals surface area contributed by atoms with E-state index < -0.39 is 25.8 Å². The zero-order valence-electron chi connectivity index (χ0n) is 15.6. The highest BCUT2D eigenvalue weighted by Crippen LogP contribution is 2.22. The lowest BCUT2D eigenvalue weighted by atomic mass is 9.94. The zero-order chi connectivity index (χ0) is 19.0. The first-order chi connectivity index (χ1) is 10.9. The predicted molar refractivity (Wildman–Crippen MR) is 98.5 cm³/mol. The van der Waals surface area contributed by atoms with E-state index in [1.54, 1.807) is 6.92 Å². The van der Waals surface area contributed by atoms with Crippen molar-refractivity contribution in [1.29, 1.82) is 0 Å². The minimum Gasteiger partial charge on any atom is -0.464 e. The largest absolute Gasteiger partial charge is 0.464 e. The van der Waals surface area contributed by atoms with Gasteiger partial charge in [-0.05, 0) is 46.5 Å². The number of hydrogen-bond acceptors (Lipinski definition) is 2. The number of unbranched alkanes of at least 4 members (excludes halogenated alkanes) is 2. The van der Waals surface area contributed by atoms with Crippen LogP contribution < -0.4 is 5.43 Å². The van der Waals surface area contributed by atoms with Gasteiger partial charge < -0.3 is 10.2 Å². The van der Waals surface area contributed by atoms with E-state index in [0.29, 0.717) is 11.4 Å². The van der Waals surface area contributed by atoms with Crippen molar-refractivity contribution >= 4 is 20.3 Å². The molecule has 1 atom stereocenters. The molecule has 0 aromatic rings. The summed E-state index contributed by atoms with van der Waals surface area (Å²) in [7, 11) is -1.72. The van der Waals surface area contributed by atoms with Gasteiger partial charge in [0.25, 0.3) is 0 Å². The van der Waals surface area contributed by atoms with Crippen LogP contribution in [0.4, 0.5) is 9.59 Å². The molecular formula is C17H30N2O4Si. The van der Waals surface area contributed by atoms with Crippen LogP contribution in [0.25, 0.3) is 0 Å².